The number of rotatable bonds is 3. The Balaban J connectivity index is 2.04. The summed E-state index contributed by atoms with van der Waals surface area (Å²) in [4.78, 5) is 12.1. The quantitative estimate of drug-likeness (QED) is 0.742. The summed E-state index contributed by atoms with van der Waals surface area (Å²) in [7, 11) is 1.52. The van der Waals surface area contributed by atoms with Crippen LogP contribution in [-0.4, -0.2) is 18.1 Å². The van der Waals surface area contributed by atoms with Crippen molar-refractivity contribution in [2.24, 2.45) is 0 Å². The van der Waals surface area contributed by atoms with E-state index in [2.05, 4.69) is 10.6 Å². The van der Waals surface area contributed by atoms with Crippen LogP contribution in [0.2, 0.25) is 15.1 Å². The minimum absolute atomic E-state index is 0.113. The van der Waals surface area contributed by atoms with Crippen molar-refractivity contribution < 1.29 is 9.53 Å². The molecule has 0 bridgehead atoms. The molecule has 0 aliphatic carbocycles. The fourth-order valence-electron chi connectivity index (χ4n) is 1.75. The Hall–Kier alpha value is -1.53. The van der Waals surface area contributed by atoms with Gasteiger partial charge in [0.2, 0.25) is 0 Å². The summed E-state index contributed by atoms with van der Waals surface area (Å²) in [6.07, 6.45) is 0. The summed E-state index contributed by atoms with van der Waals surface area (Å²) in [6.45, 7) is 0. The van der Waals surface area contributed by atoms with Gasteiger partial charge in [-0.15, -0.1) is 0 Å². The lowest BCUT2D eigenvalue weighted by atomic mass is 10.2. The number of nitrogens with one attached hydrogen (secondary N) is 2. The standard InChI is InChI=1S/C15H11Cl3N2O2S/c1-22-13-5-3-9(7-12(13)18)19-15(23)20-14(21)10-4-2-8(16)6-11(10)17/h2-7H,1H3,(H2,19,20,21,23). The summed E-state index contributed by atoms with van der Waals surface area (Å²) in [5.74, 6) is 0.101. The van der Waals surface area contributed by atoms with Crippen molar-refractivity contribution in [2.75, 3.05) is 12.4 Å². The Morgan fingerprint density at radius 2 is 1.83 bits per heavy atom. The van der Waals surface area contributed by atoms with Crippen LogP contribution in [0.15, 0.2) is 36.4 Å². The van der Waals surface area contributed by atoms with E-state index in [9.17, 15) is 4.79 Å². The number of hydrogen-bond acceptors (Lipinski definition) is 3. The van der Waals surface area contributed by atoms with Crippen molar-refractivity contribution in [3.8, 4) is 5.75 Å². The maximum atomic E-state index is 12.1. The molecule has 0 saturated heterocycles. The lowest BCUT2D eigenvalue weighted by Gasteiger charge is -2.11. The summed E-state index contributed by atoms with van der Waals surface area (Å²) in [6, 6.07) is 9.62. The molecule has 2 aromatic rings. The van der Waals surface area contributed by atoms with E-state index in [0.29, 0.717) is 21.5 Å². The van der Waals surface area contributed by atoms with Gasteiger partial charge in [0.05, 0.1) is 22.7 Å². The third-order valence-electron chi connectivity index (χ3n) is 2.81. The number of carbonyl (C=O) groups excluding carboxylic acids is 1. The van der Waals surface area contributed by atoms with Crippen molar-refractivity contribution in [1.82, 2.24) is 5.32 Å². The van der Waals surface area contributed by atoms with Crippen molar-refractivity contribution in [3.05, 3.63) is 57.0 Å². The third kappa shape index (κ3) is 4.72. The van der Waals surface area contributed by atoms with Crippen molar-refractivity contribution in [3.63, 3.8) is 0 Å². The highest BCUT2D eigenvalue weighted by Gasteiger charge is 2.12. The van der Waals surface area contributed by atoms with E-state index >= 15 is 0 Å². The highest BCUT2D eigenvalue weighted by Crippen LogP contribution is 2.27. The Bertz CT molecular complexity index is 768. The van der Waals surface area contributed by atoms with Gasteiger partial charge in [0.1, 0.15) is 5.75 Å². The van der Waals surface area contributed by atoms with Gasteiger partial charge in [0, 0.05) is 10.7 Å². The summed E-state index contributed by atoms with van der Waals surface area (Å²) in [5.41, 5.74) is 0.885. The van der Waals surface area contributed by atoms with Crippen LogP contribution < -0.4 is 15.4 Å². The van der Waals surface area contributed by atoms with Crippen LogP contribution in [0.25, 0.3) is 0 Å². The van der Waals surface area contributed by atoms with E-state index in [1.807, 2.05) is 0 Å². The average molecular weight is 390 g/mol. The van der Waals surface area contributed by atoms with Crippen LogP contribution in [0.5, 0.6) is 5.75 Å². The summed E-state index contributed by atoms with van der Waals surface area (Å²) < 4.78 is 5.06. The third-order valence-corrected chi connectivity index (χ3v) is 3.86. The van der Waals surface area contributed by atoms with Crippen LogP contribution in [0, 0.1) is 0 Å². The molecule has 0 saturated carbocycles. The molecule has 0 aliphatic heterocycles. The average Bonchev–Trinajstić information content (AvgIpc) is 2.47. The van der Waals surface area contributed by atoms with Gasteiger partial charge in [0.25, 0.3) is 5.91 Å². The van der Waals surface area contributed by atoms with Crippen molar-refractivity contribution >= 4 is 63.7 Å². The highest BCUT2D eigenvalue weighted by molar-refractivity contribution is 7.80. The zero-order valence-corrected chi connectivity index (χ0v) is 14.9. The van der Waals surface area contributed by atoms with Crippen LogP contribution in [-0.2, 0) is 0 Å². The molecule has 8 heteroatoms. The zero-order valence-electron chi connectivity index (χ0n) is 11.8. The number of ether oxygens (including phenoxy) is 1. The number of methoxy groups -OCH3 is 1. The Morgan fingerprint density at radius 1 is 1.09 bits per heavy atom. The SMILES string of the molecule is COc1ccc(NC(=S)NC(=O)c2ccc(Cl)cc2Cl)cc1Cl. The van der Waals surface area contributed by atoms with E-state index in [0.717, 1.165) is 0 Å². The number of amides is 1. The molecule has 4 nitrogen and oxygen atoms in total. The predicted molar refractivity (Wildman–Crippen MR) is 98.2 cm³/mol. The fraction of sp³-hybridized carbons (Fsp3) is 0.0667. The maximum Gasteiger partial charge on any atom is 0.258 e. The normalized spacial score (nSPS) is 10.1. The molecule has 0 unspecified atom stereocenters. The molecule has 23 heavy (non-hydrogen) atoms. The van der Waals surface area contributed by atoms with Gasteiger partial charge >= 0.3 is 0 Å². The number of carbonyl (C=O) groups is 1. The van der Waals surface area contributed by atoms with E-state index in [1.54, 1.807) is 24.3 Å². The lowest BCUT2D eigenvalue weighted by Crippen LogP contribution is -2.34. The number of halogens is 3. The van der Waals surface area contributed by atoms with Gasteiger partial charge in [-0.05, 0) is 48.6 Å². The molecule has 120 valence electrons. The second-order valence-corrected chi connectivity index (χ2v) is 6.04. The largest absolute Gasteiger partial charge is 0.495 e. The summed E-state index contributed by atoms with van der Waals surface area (Å²) >= 11 is 22.9. The molecular formula is C15H11Cl3N2O2S. The van der Waals surface area contributed by atoms with Crippen LogP contribution >= 0.6 is 47.0 Å². The first-order valence-electron chi connectivity index (χ1n) is 6.31. The second-order valence-electron chi connectivity index (χ2n) is 4.38. The minimum atomic E-state index is -0.441. The molecule has 0 spiro atoms. The molecule has 0 radical (unpaired) electrons. The minimum Gasteiger partial charge on any atom is -0.495 e. The van der Waals surface area contributed by atoms with Gasteiger partial charge in [-0.2, -0.15) is 0 Å². The Kier molecular flexibility index (Phi) is 6.07. The molecule has 2 N–H and O–H groups in total. The zero-order chi connectivity index (χ0) is 17.0. The fourth-order valence-corrected chi connectivity index (χ4v) is 2.71. The number of thiocarbonyl (C=S) groups is 1. The van der Waals surface area contributed by atoms with Gasteiger partial charge in [0.15, 0.2) is 5.11 Å². The second kappa shape index (κ2) is 7.84. The molecule has 1 amide bonds. The van der Waals surface area contributed by atoms with Crippen molar-refractivity contribution in [2.45, 2.75) is 0 Å². The molecule has 0 fully saturated rings. The number of hydrogen-bond donors (Lipinski definition) is 2. The van der Waals surface area contributed by atoms with Crippen LogP contribution in [0.1, 0.15) is 10.4 Å². The van der Waals surface area contributed by atoms with Gasteiger partial charge < -0.3 is 10.1 Å². The Morgan fingerprint density at radius 3 is 2.43 bits per heavy atom. The molecule has 0 aliphatic rings. The molecular weight excluding hydrogens is 379 g/mol. The molecule has 0 heterocycles. The first-order chi connectivity index (χ1) is 10.9. The monoisotopic (exact) mass is 388 g/mol. The topological polar surface area (TPSA) is 50.4 Å². The van der Waals surface area contributed by atoms with Gasteiger partial charge in [-0.25, -0.2) is 0 Å². The molecule has 0 aromatic heterocycles. The van der Waals surface area contributed by atoms with Crippen LogP contribution in [0.3, 0.4) is 0 Å². The van der Waals surface area contributed by atoms with E-state index in [-0.39, 0.29) is 15.7 Å². The smallest absolute Gasteiger partial charge is 0.258 e. The Labute approximate surface area is 153 Å². The molecule has 2 aromatic carbocycles. The maximum absolute atomic E-state index is 12.1. The molecule has 2 rings (SSSR count). The van der Waals surface area contributed by atoms with Gasteiger partial charge in [-0.1, -0.05) is 34.8 Å². The lowest BCUT2D eigenvalue weighted by molar-refractivity contribution is 0.0978. The van der Waals surface area contributed by atoms with E-state index in [4.69, 9.17) is 51.8 Å². The van der Waals surface area contributed by atoms with Gasteiger partial charge in [-0.3, -0.25) is 10.1 Å². The molecule has 0 atom stereocenters. The van der Waals surface area contributed by atoms with Crippen LogP contribution in [0.4, 0.5) is 5.69 Å². The summed E-state index contributed by atoms with van der Waals surface area (Å²) in [5, 5.41) is 6.61. The first-order valence-corrected chi connectivity index (χ1v) is 7.86. The number of anilines is 1. The predicted octanol–water partition coefficient (Wildman–Crippen LogP) is 4.78. The highest BCUT2D eigenvalue weighted by atomic mass is 35.5. The number of benzene rings is 2. The van der Waals surface area contributed by atoms with E-state index < -0.39 is 5.91 Å². The first kappa shape index (κ1) is 17.8. The van der Waals surface area contributed by atoms with Crippen molar-refractivity contribution in [1.29, 1.82) is 0 Å². The van der Waals surface area contributed by atoms with E-state index in [1.165, 1.54) is 19.2 Å².